The number of rotatable bonds is 6. The Morgan fingerprint density at radius 1 is 1.09 bits per heavy atom. The third-order valence-electron chi connectivity index (χ3n) is 3.98. The number of anilines is 1. The zero-order chi connectivity index (χ0) is 16.3. The van der Waals surface area contributed by atoms with Gasteiger partial charge in [0.25, 0.3) is 0 Å². The zero-order valence-electron chi connectivity index (χ0n) is 13.2. The second-order valence-corrected chi connectivity index (χ2v) is 8.28. The molecule has 122 valence electrons. The lowest BCUT2D eigenvalue weighted by atomic mass is 10.1. The van der Waals surface area contributed by atoms with E-state index in [2.05, 4.69) is 29.6 Å². The molecule has 0 bridgehead atoms. The smallest absolute Gasteiger partial charge is 0.150 e. The molecule has 0 unspecified atom stereocenters. The highest BCUT2D eigenvalue weighted by molar-refractivity contribution is 7.90. The van der Waals surface area contributed by atoms with E-state index in [9.17, 15) is 8.42 Å². The van der Waals surface area contributed by atoms with E-state index in [1.54, 1.807) is 0 Å². The molecule has 2 aromatic rings. The van der Waals surface area contributed by atoms with Gasteiger partial charge in [-0.2, -0.15) is 0 Å². The van der Waals surface area contributed by atoms with Gasteiger partial charge in [0.1, 0.15) is 12.4 Å². The maximum Gasteiger partial charge on any atom is 0.150 e. The molecule has 0 amide bonds. The minimum atomic E-state index is -2.99. The normalized spacial score (nSPS) is 14.5. The summed E-state index contributed by atoms with van der Waals surface area (Å²) in [5.74, 6) is 0.719. The van der Waals surface area contributed by atoms with E-state index in [4.69, 9.17) is 4.74 Å². The summed E-state index contributed by atoms with van der Waals surface area (Å²) in [5.41, 5.74) is 3.82. The van der Waals surface area contributed by atoms with Gasteiger partial charge in [-0.25, -0.2) is 8.42 Å². The molecule has 0 radical (unpaired) electrons. The van der Waals surface area contributed by atoms with E-state index in [1.165, 1.54) is 17.4 Å². The average molecular weight is 331 g/mol. The van der Waals surface area contributed by atoms with Crippen LogP contribution < -0.4 is 10.1 Å². The first-order valence-electron chi connectivity index (χ1n) is 7.73. The highest BCUT2D eigenvalue weighted by Crippen LogP contribution is 2.25. The predicted octanol–water partition coefficient (Wildman–Crippen LogP) is 2.69. The van der Waals surface area contributed by atoms with E-state index >= 15 is 0 Å². The Morgan fingerprint density at radius 3 is 2.43 bits per heavy atom. The molecule has 0 heterocycles. The molecule has 0 aliphatic heterocycles. The molecular formula is C18H21NO3S. The number of benzene rings is 2. The molecule has 0 fully saturated rings. The van der Waals surface area contributed by atoms with Crippen molar-refractivity contribution in [3.05, 3.63) is 59.7 Å². The number of ether oxygens (including phenoxy) is 1. The monoisotopic (exact) mass is 331 g/mol. The average Bonchev–Trinajstić information content (AvgIpc) is 2.88. The fourth-order valence-corrected chi connectivity index (χ4v) is 3.27. The number of sulfone groups is 1. The van der Waals surface area contributed by atoms with E-state index < -0.39 is 9.84 Å². The molecule has 0 saturated heterocycles. The second kappa shape index (κ2) is 6.62. The SMILES string of the molecule is CS(=O)(=O)CCOc1cccc(NC2Cc3ccccc3C2)c1. The van der Waals surface area contributed by atoms with E-state index in [0.717, 1.165) is 18.5 Å². The number of hydrogen-bond donors (Lipinski definition) is 1. The molecule has 5 heteroatoms. The summed E-state index contributed by atoms with van der Waals surface area (Å²) in [6, 6.07) is 16.6. The van der Waals surface area contributed by atoms with Crippen LogP contribution in [-0.2, 0) is 22.7 Å². The van der Waals surface area contributed by atoms with Crippen LogP contribution in [0.5, 0.6) is 5.75 Å². The van der Waals surface area contributed by atoms with Crippen molar-refractivity contribution in [1.29, 1.82) is 0 Å². The largest absolute Gasteiger partial charge is 0.492 e. The van der Waals surface area contributed by atoms with Gasteiger partial charge in [-0.05, 0) is 36.1 Å². The van der Waals surface area contributed by atoms with Crippen LogP contribution in [0.15, 0.2) is 48.5 Å². The van der Waals surface area contributed by atoms with Gasteiger partial charge in [0, 0.05) is 24.1 Å². The van der Waals surface area contributed by atoms with Gasteiger partial charge in [0.05, 0.1) is 5.75 Å². The first kappa shape index (κ1) is 15.9. The van der Waals surface area contributed by atoms with Crippen molar-refractivity contribution < 1.29 is 13.2 Å². The minimum absolute atomic E-state index is 0.0303. The van der Waals surface area contributed by atoms with Crippen LogP contribution >= 0.6 is 0 Å². The first-order chi connectivity index (χ1) is 11.0. The summed E-state index contributed by atoms with van der Waals surface area (Å²) < 4.78 is 27.8. The lowest BCUT2D eigenvalue weighted by Crippen LogP contribution is -2.19. The zero-order valence-corrected chi connectivity index (χ0v) is 14.0. The van der Waals surface area contributed by atoms with E-state index in [-0.39, 0.29) is 12.4 Å². The second-order valence-electron chi connectivity index (χ2n) is 6.02. The van der Waals surface area contributed by atoms with Gasteiger partial charge < -0.3 is 10.1 Å². The Bertz CT molecular complexity index is 761. The molecule has 1 N–H and O–H groups in total. The highest BCUT2D eigenvalue weighted by atomic mass is 32.2. The maximum absolute atomic E-state index is 11.1. The van der Waals surface area contributed by atoms with Crippen LogP contribution in [0.4, 0.5) is 5.69 Å². The van der Waals surface area contributed by atoms with Gasteiger partial charge in [0.2, 0.25) is 0 Å². The molecule has 23 heavy (non-hydrogen) atoms. The Morgan fingerprint density at radius 2 is 1.78 bits per heavy atom. The minimum Gasteiger partial charge on any atom is -0.492 e. The third kappa shape index (κ3) is 4.48. The number of fused-ring (bicyclic) bond motifs is 1. The molecule has 0 saturated carbocycles. The standard InChI is InChI=1S/C18H21NO3S/c1-23(20,21)10-9-22-18-8-4-7-16(13-18)19-17-11-14-5-2-3-6-15(14)12-17/h2-8,13,17,19H,9-12H2,1H3. The van der Waals surface area contributed by atoms with Crippen molar-refractivity contribution in [3.63, 3.8) is 0 Å². The van der Waals surface area contributed by atoms with Crippen molar-refractivity contribution >= 4 is 15.5 Å². The van der Waals surface area contributed by atoms with Crippen molar-refractivity contribution in [2.24, 2.45) is 0 Å². The lowest BCUT2D eigenvalue weighted by molar-refractivity contribution is 0.341. The summed E-state index contributed by atoms with van der Waals surface area (Å²) in [6.07, 6.45) is 3.26. The molecule has 1 aliphatic carbocycles. The molecule has 0 aromatic heterocycles. The van der Waals surface area contributed by atoms with E-state index in [1.807, 2.05) is 24.3 Å². The van der Waals surface area contributed by atoms with Crippen LogP contribution in [0.2, 0.25) is 0 Å². The van der Waals surface area contributed by atoms with Crippen LogP contribution in [0.1, 0.15) is 11.1 Å². The Hall–Kier alpha value is -2.01. The van der Waals surface area contributed by atoms with Crippen LogP contribution in [-0.4, -0.2) is 33.1 Å². The maximum atomic E-state index is 11.1. The van der Waals surface area contributed by atoms with E-state index in [0.29, 0.717) is 11.8 Å². The lowest BCUT2D eigenvalue weighted by Gasteiger charge is -2.15. The summed E-state index contributed by atoms with van der Waals surface area (Å²) >= 11 is 0. The van der Waals surface area contributed by atoms with Gasteiger partial charge in [-0.1, -0.05) is 30.3 Å². The summed E-state index contributed by atoms with van der Waals surface area (Å²) in [5, 5.41) is 3.54. The molecule has 2 aromatic carbocycles. The molecule has 1 aliphatic rings. The quantitative estimate of drug-likeness (QED) is 0.884. The van der Waals surface area contributed by atoms with Gasteiger partial charge in [0.15, 0.2) is 9.84 Å². The first-order valence-corrected chi connectivity index (χ1v) is 9.79. The van der Waals surface area contributed by atoms with Crippen molar-refractivity contribution in [2.45, 2.75) is 18.9 Å². The fraction of sp³-hybridized carbons (Fsp3) is 0.333. The van der Waals surface area contributed by atoms with Crippen LogP contribution in [0.3, 0.4) is 0 Å². The summed E-state index contributed by atoms with van der Waals surface area (Å²) in [6.45, 7) is 0.178. The molecule has 3 rings (SSSR count). The van der Waals surface area contributed by atoms with Gasteiger partial charge in [-0.15, -0.1) is 0 Å². The third-order valence-corrected chi connectivity index (χ3v) is 4.89. The molecule has 0 atom stereocenters. The van der Waals surface area contributed by atoms with Crippen LogP contribution in [0, 0.1) is 0 Å². The van der Waals surface area contributed by atoms with Crippen molar-refractivity contribution in [2.75, 3.05) is 23.9 Å². The van der Waals surface area contributed by atoms with Gasteiger partial charge >= 0.3 is 0 Å². The predicted molar refractivity (Wildman–Crippen MR) is 92.9 cm³/mol. The summed E-state index contributed by atoms with van der Waals surface area (Å²) in [4.78, 5) is 0. The topological polar surface area (TPSA) is 55.4 Å². The fourth-order valence-electron chi connectivity index (χ4n) is 2.88. The Balaban J connectivity index is 1.58. The van der Waals surface area contributed by atoms with Gasteiger partial charge in [-0.3, -0.25) is 0 Å². The summed E-state index contributed by atoms with van der Waals surface area (Å²) in [7, 11) is -2.99. The molecule has 4 nitrogen and oxygen atoms in total. The molecule has 0 spiro atoms. The van der Waals surface area contributed by atoms with Crippen LogP contribution in [0.25, 0.3) is 0 Å². The highest BCUT2D eigenvalue weighted by Gasteiger charge is 2.20. The Kier molecular flexibility index (Phi) is 4.57. The number of nitrogens with one attached hydrogen (secondary N) is 1. The van der Waals surface area contributed by atoms with Crippen molar-refractivity contribution in [3.8, 4) is 5.75 Å². The number of hydrogen-bond acceptors (Lipinski definition) is 4. The molecular weight excluding hydrogens is 310 g/mol. The van der Waals surface area contributed by atoms with Crippen molar-refractivity contribution in [1.82, 2.24) is 0 Å². The Labute approximate surface area is 137 Å².